The van der Waals surface area contributed by atoms with Gasteiger partial charge in [0.05, 0.1) is 11.9 Å². The van der Waals surface area contributed by atoms with E-state index in [1.54, 1.807) is 15.8 Å². The van der Waals surface area contributed by atoms with Gasteiger partial charge in [0.1, 0.15) is 0 Å². The molecule has 0 aliphatic carbocycles. The summed E-state index contributed by atoms with van der Waals surface area (Å²) in [6.07, 6.45) is 8.38. The molecule has 1 fully saturated rings. The molecule has 1 aliphatic heterocycles. The van der Waals surface area contributed by atoms with Crippen LogP contribution < -0.4 is 5.32 Å². The summed E-state index contributed by atoms with van der Waals surface area (Å²) in [5, 5.41) is 19.0. The summed E-state index contributed by atoms with van der Waals surface area (Å²) < 4.78 is 1.79. The van der Waals surface area contributed by atoms with Crippen molar-refractivity contribution in [2.75, 3.05) is 20.1 Å². The second-order valence-corrected chi connectivity index (χ2v) is 7.55. The van der Waals surface area contributed by atoms with E-state index in [-0.39, 0.29) is 5.91 Å². The molecule has 3 heterocycles. The van der Waals surface area contributed by atoms with Crippen molar-refractivity contribution in [2.24, 2.45) is 0 Å². The van der Waals surface area contributed by atoms with E-state index in [9.17, 15) is 4.79 Å². The molecule has 2 N–H and O–H groups in total. The molecular weight excluding hydrogens is 342 g/mol. The molecule has 1 atom stereocenters. The SMILES string of the molecule is Cc1n[nH]c(C)c1CCCN(C)C(=O)c1cn(CCC2CCCCN2)nn1. The Bertz CT molecular complexity index is 726. The van der Waals surface area contributed by atoms with Crippen molar-refractivity contribution in [3.8, 4) is 0 Å². The van der Waals surface area contributed by atoms with Gasteiger partial charge in [-0.05, 0) is 58.1 Å². The van der Waals surface area contributed by atoms with Crippen molar-refractivity contribution in [1.82, 2.24) is 35.4 Å². The van der Waals surface area contributed by atoms with Crippen molar-refractivity contribution in [3.63, 3.8) is 0 Å². The summed E-state index contributed by atoms with van der Waals surface area (Å²) in [4.78, 5) is 14.3. The molecule has 1 amide bonds. The number of aromatic nitrogens is 5. The molecule has 8 heteroatoms. The van der Waals surface area contributed by atoms with E-state index >= 15 is 0 Å². The van der Waals surface area contributed by atoms with E-state index < -0.39 is 0 Å². The molecule has 8 nitrogen and oxygen atoms in total. The van der Waals surface area contributed by atoms with Crippen LogP contribution in [0.2, 0.25) is 0 Å². The van der Waals surface area contributed by atoms with Gasteiger partial charge in [-0.25, -0.2) is 0 Å². The Morgan fingerprint density at radius 1 is 1.37 bits per heavy atom. The first-order valence-electron chi connectivity index (χ1n) is 9.94. The lowest BCUT2D eigenvalue weighted by molar-refractivity contribution is 0.0787. The Kier molecular flexibility index (Phi) is 6.60. The highest BCUT2D eigenvalue weighted by Gasteiger charge is 2.17. The number of aryl methyl sites for hydroxylation is 3. The first kappa shape index (κ1) is 19.5. The summed E-state index contributed by atoms with van der Waals surface area (Å²) in [5.41, 5.74) is 3.82. The third-order valence-corrected chi connectivity index (χ3v) is 5.42. The number of carbonyl (C=O) groups is 1. The minimum Gasteiger partial charge on any atom is -0.340 e. The fraction of sp³-hybridized carbons (Fsp3) is 0.684. The van der Waals surface area contributed by atoms with Crippen LogP contribution in [-0.2, 0) is 13.0 Å². The normalized spacial score (nSPS) is 17.2. The van der Waals surface area contributed by atoms with Crippen molar-refractivity contribution in [1.29, 1.82) is 0 Å². The van der Waals surface area contributed by atoms with E-state index in [4.69, 9.17) is 0 Å². The van der Waals surface area contributed by atoms with Crippen LogP contribution in [0.4, 0.5) is 0 Å². The summed E-state index contributed by atoms with van der Waals surface area (Å²) >= 11 is 0. The second kappa shape index (κ2) is 9.12. The summed E-state index contributed by atoms with van der Waals surface area (Å²) in [6.45, 7) is 6.62. The predicted octanol–water partition coefficient (Wildman–Crippen LogP) is 1.86. The number of amides is 1. The number of nitrogens with one attached hydrogen (secondary N) is 2. The highest BCUT2D eigenvalue weighted by Crippen LogP contribution is 2.13. The van der Waals surface area contributed by atoms with Gasteiger partial charge in [0.15, 0.2) is 5.69 Å². The quantitative estimate of drug-likeness (QED) is 0.737. The largest absolute Gasteiger partial charge is 0.340 e. The monoisotopic (exact) mass is 373 g/mol. The number of hydrogen-bond donors (Lipinski definition) is 2. The van der Waals surface area contributed by atoms with Crippen LogP contribution in [-0.4, -0.2) is 62.2 Å². The Hall–Kier alpha value is -2.22. The number of piperidine rings is 1. The molecule has 3 rings (SSSR count). The highest BCUT2D eigenvalue weighted by molar-refractivity contribution is 5.91. The van der Waals surface area contributed by atoms with Gasteiger partial charge >= 0.3 is 0 Å². The molecule has 0 aromatic carbocycles. The zero-order chi connectivity index (χ0) is 19.2. The lowest BCUT2D eigenvalue weighted by Gasteiger charge is -2.23. The van der Waals surface area contributed by atoms with Crippen LogP contribution in [0.3, 0.4) is 0 Å². The number of aromatic amines is 1. The molecule has 27 heavy (non-hydrogen) atoms. The number of hydrogen-bond acceptors (Lipinski definition) is 5. The zero-order valence-corrected chi connectivity index (χ0v) is 16.7. The highest BCUT2D eigenvalue weighted by atomic mass is 16.2. The van der Waals surface area contributed by atoms with Crippen LogP contribution in [0.1, 0.15) is 59.5 Å². The molecule has 0 radical (unpaired) electrons. The van der Waals surface area contributed by atoms with Gasteiger partial charge in [-0.2, -0.15) is 5.10 Å². The van der Waals surface area contributed by atoms with Gasteiger partial charge in [0.25, 0.3) is 5.91 Å². The van der Waals surface area contributed by atoms with Crippen molar-refractivity contribution in [3.05, 3.63) is 28.8 Å². The lowest BCUT2D eigenvalue weighted by atomic mass is 10.0. The summed E-state index contributed by atoms with van der Waals surface area (Å²) in [5.74, 6) is -0.0716. The molecule has 1 unspecified atom stereocenters. The van der Waals surface area contributed by atoms with Crippen LogP contribution >= 0.6 is 0 Å². The Morgan fingerprint density at radius 2 is 2.22 bits per heavy atom. The van der Waals surface area contributed by atoms with Gasteiger partial charge in [-0.15, -0.1) is 5.10 Å². The topological polar surface area (TPSA) is 91.7 Å². The van der Waals surface area contributed by atoms with Gasteiger partial charge in [0.2, 0.25) is 0 Å². The van der Waals surface area contributed by atoms with Gasteiger partial charge in [0, 0.05) is 31.9 Å². The summed E-state index contributed by atoms with van der Waals surface area (Å²) in [6, 6.07) is 0.555. The molecule has 2 aromatic heterocycles. The van der Waals surface area contributed by atoms with E-state index in [0.717, 1.165) is 43.7 Å². The predicted molar refractivity (Wildman–Crippen MR) is 104 cm³/mol. The van der Waals surface area contributed by atoms with Crippen LogP contribution in [0, 0.1) is 13.8 Å². The third kappa shape index (κ3) is 5.15. The smallest absolute Gasteiger partial charge is 0.275 e. The van der Waals surface area contributed by atoms with Crippen LogP contribution in [0.5, 0.6) is 0 Å². The minimum absolute atomic E-state index is 0.0716. The molecular formula is C19H31N7O. The molecule has 0 spiro atoms. The first-order chi connectivity index (χ1) is 13.0. The number of nitrogens with zero attached hydrogens (tertiary/aromatic N) is 5. The average Bonchev–Trinajstić information content (AvgIpc) is 3.28. The average molecular weight is 374 g/mol. The Balaban J connectivity index is 1.44. The number of rotatable bonds is 8. The van der Waals surface area contributed by atoms with Crippen molar-refractivity contribution >= 4 is 5.91 Å². The maximum Gasteiger partial charge on any atom is 0.275 e. The Labute approximate surface area is 160 Å². The Morgan fingerprint density at radius 3 is 2.93 bits per heavy atom. The molecule has 0 bridgehead atoms. The van der Waals surface area contributed by atoms with E-state index in [2.05, 4.69) is 25.8 Å². The maximum atomic E-state index is 12.6. The van der Waals surface area contributed by atoms with Gasteiger partial charge in [-0.1, -0.05) is 11.6 Å². The van der Waals surface area contributed by atoms with E-state index in [1.807, 2.05) is 20.9 Å². The first-order valence-corrected chi connectivity index (χ1v) is 9.94. The molecule has 148 valence electrons. The van der Waals surface area contributed by atoms with E-state index in [1.165, 1.54) is 24.8 Å². The standard InChI is InChI=1S/C19H31N7O/c1-14-17(15(2)22-21-14)8-6-11-25(3)19(27)18-13-26(24-23-18)12-9-16-7-4-5-10-20-16/h13,16,20H,4-12H2,1-3H3,(H,21,22). The molecule has 1 aliphatic rings. The van der Waals surface area contributed by atoms with Crippen LogP contribution in [0.25, 0.3) is 0 Å². The number of H-pyrrole nitrogens is 1. The molecule has 2 aromatic rings. The van der Waals surface area contributed by atoms with Gasteiger partial charge in [-0.3, -0.25) is 14.6 Å². The van der Waals surface area contributed by atoms with Crippen molar-refractivity contribution < 1.29 is 4.79 Å². The minimum atomic E-state index is -0.0716. The maximum absolute atomic E-state index is 12.6. The zero-order valence-electron chi connectivity index (χ0n) is 16.7. The summed E-state index contributed by atoms with van der Waals surface area (Å²) in [7, 11) is 1.82. The fourth-order valence-corrected chi connectivity index (χ4v) is 3.70. The fourth-order valence-electron chi connectivity index (χ4n) is 3.70. The van der Waals surface area contributed by atoms with Crippen molar-refractivity contribution in [2.45, 2.75) is 65.0 Å². The molecule has 0 saturated carbocycles. The van der Waals surface area contributed by atoms with Gasteiger partial charge < -0.3 is 10.2 Å². The second-order valence-electron chi connectivity index (χ2n) is 7.55. The molecule has 1 saturated heterocycles. The lowest BCUT2D eigenvalue weighted by Crippen LogP contribution is -2.34. The third-order valence-electron chi connectivity index (χ3n) is 5.42. The van der Waals surface area contributed by atoms with Crippen LogP contribution in [0.15, 0.2) is 6.20 Å². The number of carbonyl (C=O) groups excluding carboxylic acids is 1. The van der Waals surface area contributed by atoms with E-state index in [0.29, 0.717) is 18.3 Å².